The first-order valence-corrected chi connectivity index (χ1v) is 5.60. The molecule has 2 rings (SSSR count). The second-order valence-electron chi connectivity index (χ2n) is 3.58. The third kappa shape index (κ3) is 3.43. The number of hydrogen-bond donors (Lipinski definition) is 2. The molecule has 0 aliphatic rings. The first kappa shape index (κ1) is 12.3. The molecule has 6 heteroatoms. The van der Waals surface area contributed by atoms with Gasteiger partial charge in [0.1, 0.15) is 16.7 Å². The molecule has 0 atom stereocenters. The van der Waals surface area contributed by atoms with Gasteiger partial charge in [-0.15, -0.1) is 0 Å². The molecule has 1 aromatic heterocycles. The molecule has 0 amide bonds. The SMILES string of the molecule is Cc1nc(Cl)cc(N/N=C\c2ccc(O)cc2)n1. The molecule has 2 aromatic rings. The van der Waals surface area contributed by atoms with Gasteiger partial charge in [0.25, 0.3) is 0 Å². The van der Waals surface area contributed by atoms with Gasteiger partial charge in [0.15, 0.2) is 5.82 Å². The van der Waals surface area contributed by atoms with Gasteiger partial charge in [0.2, 0.25) is 0 Å². The number of phenolic OH excluding ortho intramolecular Hbond substituents is 1. The number of hydrazone groups is 1. The van der Waals surface area contributed by atoms with E-state index < -0.39 is 0 Å². The summed E-state index contributed by atoms with van der Waals surface area (Å²) in [4.78, 5) is 8.06. The molecule has 92 valence electrons. The van der Waals surface area contributed by atoms with Crippen molar-refractivity contribution in [1.82, 2.24) is 9.97 Å². The van der Waals surface area contributed by atoms with Crippen LogP contribution in [0, 0.1) is 6.92 Å². The molecular formula is C12H11ClN4O. The minimum atomic E-state index is 0.221. The van der Waals surface area contributed by atoms with Crippen molar-refractivity contribution in [3.63, 3.8) is 0 Å². The van der Waals surface area contributed by atoms with E-state index in [-0.39, 0.29) is 5.75 Å². The Labute approximate surface area is 109 Å². The van der Waals surface area contributed by atoms with Gasteiger partial charge in [0.05, 0.1) is 6.21 Å². The summed E-state index contributed by atoms with van der Waals surface area (Å²) in [6.07, 6.45) is 1.62. The fraction of sp³-hybridized carbons (Fsp3) is 0.0833. The molecule has 2 N–H and O–H groups in total. The summed E-state index contributed by atoms with van der Waals surface area (Å²) in [5, 5.41) is 13.5. The lowest BCUT2D eigenvalue weighted by atomic mass is 10.2. The van der Waals surface area contributed by atoms with Crippen LogP contribution in [-0.4, -0.2) is 21.3 Å². The maximum Gasteiger partial charge on any atom is 0.151 e. The van der Waals surface area contributed by atoms with E-state index in [0.29, 0.717) is 16.8 Å². The van der Waals surface area contributed by atoms with E-state index >= 15 is 0 Å². The molecule has 1 heterocycles. The van der Waals surface area contributed by atoms with Gasteiger partial charge in [-0.2, -0.15) is 5.10 Å². The van der Waals surface area contributed by atoms with Crippen molar-refractivity contribution in [2.45, 2.75) is 6.92 Å². The molecule has 0 aliphatic carbocycles. The highest BCUT2D eigenvalue weighted by Crippen LogP contribution is 2.11. The lowest BCUT2D eigenvalue weighted by Crippen LogP contribution is -1.97. The molecule has 0 spiro atoms. The Morgan fingerprint density at radius 2 is 2.00 bits per heavy atom. The number of aromatic nitrogens is 2. The maximum atomic E-state index is 9.13. The molecule has 0 saturated carbocycles. The highest BCUT2D eigenvalue weighted by atomic mass is 35.5. The molecule has 0 aliphatic heterocycles. The maximum absolute atomic E-state index is 9.13. The normalized spacial score (nSPS) is 10.8. The lowest BCUT2D eigenvalue weighted by Gasteiger charge is -2.00. The minimum absolute atomic E-state index is 0.221. The van der Waals surface area contributed by atoms with Crippen LogP contribution in [0.1, 0.15) is 11.4 Å². The Bertz CT molecular complexity index is 549. The van der Waals surface area contributed by atoms with Crippen LogP contribution in [0.3, 0.4) is 0 Å². The van der Waals surface area contributed by atoms with Crippen LogP contribution in [0.25, 0.3) is 0 Å². The van der Waals surface area contributed by atoms with E-state index in [1.165, 1.54) is 0 Å². The zero-order valence-corrected chi connectivity index (χ0v) is 10.4. The fourth-order valence-corrected chi connectivity index (χ4v) is 1.55. The average molecular weight is 263 g/mol. The fourth-order valence-electron chi connectivity index (χ4n) is 1.32. The largest absolute Gasteiger partial charge is 0.508 e. The smallest absolute Gasteiger partial charge is 0.151 e. The number of hydrogen-bond acceptors (Lipinski definition) is 5. The summed E-state index contributed by atoms with van der Waals surface area (Å²) in [5.41, 5.74) is 3.62. The van der Waals surface area contributed by atoms with Gasteiger partial charge in [-0.05, 0) is 36.8 Å². The number of benzene rings is 1. The number of nitrogens with zero attached hydrogens (tertiary/aromatic N) is 3. The molecule has 0 saturated heterocycles. The van der Waals surface area contributed by atoms with Crippen molar-refractivity contribution in [3.8, 4) is 5.75 Å². The average Bonchev–Trinajstić information content (AvgIpc) is 2.30. The van der Waals surface area contributed by atoms with E-state index in [2.05, 4.69) is 20.5 Å². The van der Waals surface area contributed by atoms with Crippen molar-refractivity contribution in [2.75, 3.05) is 5.43 Å². The van der Waals surface area contributed by atoms with Gasteiger partial charge in [0, 0.05) is 6.07 Å². The van der Waals surface area contributed by atoms with E-state index in [9.17, 15) is 0 Å². The Balaban J connectivity index is 2.04. The highest BCUT2D eigenvalue weighted by Gasteiger charge is 1.97. The summed E-state index contributed by atoms with van der Waals surface area (Å²) in [7, 11) is 0. The third-order valence-corrected chi connectivity index (χ3v) is 2.29. The Morgan fingerprint density at radius 1 is 1.28 bits per heavy atom. The van der Waals surface area contributed by atoms with Crippen LogP contribution >= 0.6 is 11.6 Å². The summed E-state index contributed by atoms with van der Waals surface area (Å²) in [6.45, 7) is 1.75. The summed E-state index contributed by atoms with van der Waals surface area (Å²) < 4.78 is 0. The Morgan fingerprint density at radius 3 is 2.67 bits per heavy atom. The summed E-state index contributed by atoms with van der Waals surface area (Å²) in [6, 6.07) is 8.26. The number of aromatic hydroxyl groups is 1. The van der Waals surface area contributed by atoms with E-state index in [1.807, 2.05) is 0 Å². The molecular weight excluding hydrogens is 252 g/mol. The minimum Gasteiger partial charge on any atom is -0.508 e. The van der Waals surface area contributed by atoms with Gasteiger partial charge in [-0.3, -0.25) is 5.43 Å². The van der Waals surface area contributed by atoms with Crippen molar-refractivity contribution in [1.29, 1.82) is 0 Å². The van der Waals surface area contributed by atoms with Crippen LogP contribution < -0.4 is 5.43 Å². The number of nitrogens with one attached hydrogen (secondary N) is 1. The van der Waals surface area contributed by atoms with Crippen molar-refractivity contribution < 1.29 is 5.11 Å². The van der Waals surface area contributed by atoms with Gasteiger partial charge >= 0.3 is 0 Å². The second kappa shape index (κ2) is 5.46. The van der Waals surface area contributed by atoms with Crippen LogP contribution in [0.5, 0.6) is 5.75 Å². The van der Waals surface area contributed by atoms with Crippen molar-refractivity contribution in [2.24, 2.45) is 5.10 Å². The number of anilines is 1. The molecule has 0 bridgehead atoms. The van der Waals surface area contributed by atoms with Crippen LogP contribution in [-0.2, 0) is 0 Å². The van der Waals surface area contributed by atoms with Gasteiger partial charge in [-0.25, -0.2) is 9.97 Å². The van der Waals surface area contributed by atoms with Gasteiger partial charge in [-0.1, -0.05) is 11.6 Å². The van der Waals surface area contributed by atoms with Crippen molar-refractivity contribution >= 4 is 23.6 Å². The first-order chi connectivity index (χ1) is 8.63. The van der Waals surface area contributed by atoms with Crippen LogP contribution in [0.4, 0.5) is 5.82 Å². The molecule has 5 nitrogen and oxygen atoms in total. The first-order valence-electron chi connectivity index (χ1n) is 5.23. The molecule has 0 unspecified atom stereocenters. The van der Waals surface area contributed by atoms with E-state index in [4.69, 9.17) is 16.7 Å². The van der Waals surface area contributed by atoms with E-state index in [1.54, 1.807) is 43.5 Å². The van der Waals surface area contributed by atoms with Crippen LogP contribution in [0.15, 0.2) is 35.4 Å². The van der Waals surface area contributed by atoms with Crippen LogP contribution in [0.2, 0.25) is 5.15 Å². The summed E-state index contributed by atoms with van der Waals surface area (Å²) in [5.74, 6) is 1.32. The zero-order valence-electron chi connectivity index (χ0n) is 9.63. The Kier molecular flexibility index (Phi) is 3.74. The monoisotopic (exact) mass is 262 g/mol. The van der Waals surface area contributed by atoms with Gasteiger partial charge < -0.3 is 5.11 Å². The lowest BCUT2D eigenvalue weighted by molar-refractivity contribution is 0.475. The second-order valence-corrected chi connectivity index (χ2v) is 3.97. The van der Waals surface area contributed by atoms with Crippen molar-refractivity contribution in [3.05, 3.63) is 46.9 Å². The summed E-state index contributed by atoms with van der Waals surface area (Å²) >= 11 is 5.79. The molecule has 0 fully saturated rings. The number of phenols is 1. The third-order valence-electron chi connectivity index (χ3n) is 2.09. The zero-order chi connectivity index (χ0) is 13.0. The molecule has 18 heavy (non-hydrogen) atoms. The number of aryl methyl sites for hydroxylation is 1. The quantitative estimate of drug-likeness (QED) is 0.507. The standard InChI is InChI=1S/C12H11ClN4O/c1-8-15-11(13)6-12(16-8)17-14-7-9-2-4-10(18)5-3-9/h2-7,18H,1H3,(H,15,16,17)/b14-7-. The molecule has 1 aromatic carbocycles. The molecule has 0 radical (unpaired) electrons. The number of halogens is 1. The number of rotatable bonds is 3. The topological polar surface area (TPSA) is 70.4 Å². The highest BCUT2D eigenvalue weighted by molar-refractivity contribution is 6.29. The predicted octanol–water partition coefficient (Wildman–Crippen LogP) is 2.59. The predicted molar refractivity (Wildman–Crippen MR) is 71.1 cm³/mol. The Hall–Kier alpha value is -2.14. The van der Waals surface area contributed by atoms with E-state index in [0.717, 1.165) is 5.56 Å².